The summed E-state index contributed by atoms with van der Waals surface area (Å²) in [6.45, 7) is 0.463. The number of rotatable bonds is 4. The summed E-state index contributed by atoms with van der Waals surface area (Å²) in [7, 11) is 0. The molecule has 3 rings (SSSR count). The molecule has 6 nitrogen and oxygen atoms in total. The normalized spacial score (nSPS) is 18.3. The van der Waals surface area contributed by atoms with Crippen molar-refractivity contribution in [2.45, 2.75) is 25.1 Å². The maximum absolute atomic E-state index is 12.7. The number of ether oxygens (including phenoxy) is 1. The number of hydrogen-bond acceptors (Lipinski definition) is 5. The monoisotopic (exact) mass is 388 g/mol. The first kappa shape index (κ1) is 18.6. The number of carbonyl (C=O) groups excluding carboxylic acids is 1. The first-order valence-electron chi connectivity index (χ1n) is 7.83. The molecule has 0 bridgehead atoms. The lowest BCUT2D eigenvalue weighted by Gasteiger charge is -2.30. The molecule has 0 saturated carbocycles. The lowest BCUT2D eigenvalue weighted by molar-refractivity contribution is -0.159. The number of amides is 1. The number of aliphatic carboxylic acids is 1. The fourth-order valence-corrected chi connectivity index (χ4v) is 3.60. The SMILES string of the molecule is O=C(O)[C@@H]1CN(C(=O)CCc2nc3cc(C(F)(F)F)ccc3s2)CCO1. The van der Waals surface area contributed by atoms with Crippen LogP contribution in [-0.2, 0) is 26.9 Å². The zero-order chi connectivity index (χ0) is 18.9. The van der Waals surface area contributed by atoms with Crippen molar-refractivity contribution in [3.8, 4) is 0 Å². The van der Waals surface area contributed by atoms with Crippen LogP contribution in [0, 0.1) is 0 Å². The summed E-state index contributed by atoms with van der Waals surface area (Å²) in [5.74, 6) is -1.34. The third kappa shape index (κ3) is 4.13. The topological polar surface area (TPSA) is 79.7 Å². The van der Waals surface area contributed by atoms with Gasteiger partial charge in [0.05, 0.1) is 33.9 Å². The molecule has 1 aliphatic rings. The van der Waals surface area contributed by atoms with E-state index >= 15 is 0 Å². The Labute approximate surface area is 150 Å². The number of alkyl halides is 3. The van der Waals surface area contributed by atoms with Crippen LogP contribution in [0.25, 0.3) is 10.2 Å². The minimum atomic E-state index is -4.43. The van der Waals surface area contributed by atoms with Gasteiger partial charge in [-0.25, -0.2) is 9.78 Å². The van der Waals surface area contributed by atoms with Crippen LogP contribution in [0.15, 0.2) is 18.2 Å². The molecule has 0 spiro atoms. The van der Waals surface area contributed by atoms with E-state index in [-0.39, 0.29) is 37.4 Å². The van der Waals surface area contributed by atoms with E-state index in [9.17, 15) is 22.8 Å². The van der Waals surface area contributed by atoms with Crippen molar-refractivity contribution >= 4 is 33.4 Å². The van der Waals surface area contributed by atoms with Crippen LogP contribution in [0.2, 0.25) is 0 Å². The number of aromatic nitrogens is 1. The van der Waals surface area contributed by atoms with Gasteiger partial charge in [-0.1, -0.05) is 0 Å². The molecule has 1 fully saturated rings. The number of nitrogens with zero attached hydrogens (tertiary/aromatic N) is 2. The third-order valence-corrected chi connectivity index (χ3v) is 5.10. The molecular weight excluding hydrogens is 373 g/mol. The van der Waals surface area contributed by atoms with Gasteiger partial charge in [-0.2, -0.15) is 13.2 Å². The molecule has 1 N–H and O–H groups in total. The lowest BCUT2D eigenvalue weighted by Crippen LogP contribution is -2.48. The second-order valence-electron chi connectivity index (χ2n) is 5.83. The number of carboxylic acids is 1. The Kier molecular flexibility index (Phi) is 5.15. The summed E-state index contributed by atoms with van der Waals surface area (Å²) in [5, 5.41) is 9.52. The quantitative estimate of drug-likeness (QED) is 0.871. The summed E-state index contributed by atoms with van der Waals surface area (Å²) < 4.78 is 43.9. The van der Waals surface area contributed by atoms with E-state index in [1.807, 2.05) is 0 Å². The number of thiazole rings is 1. The van der Waals surface area contributed by atoms with Crippen LogP contribution in [0.5, 0.6) is 0 Å². The first-order chi connectivity index (χ1) is 12.2. The highest BCUT2D eigenvalue weighted by molar-refractivity contribution is 7.18. The van der Waals surface area contributed by atoms with E-state index < -0.39 is 23.8 Å². The number of fused-ring (bicyclic) bond motifs is 1. The highest BCUT2D eigenvalue weighted by atomic mass is 32.1. The van der Waals surface area contributed by atoms with Gasteiger partial charge in [0.2, 0.25) is 5.91 Å². The molecule has 0 aliphatic carbocycles. The third-order valence-electron chi connectivity index (χ3n) is 4.01. The Hall–Kier alpha value is -2.20. The van der Waals surface area contributed by atoms with Crippen LogP contribution in [0.3, 0.4) is 0 Å². The Morgan fingerprint density at radius 1 is 1.38 bits per heavy atom. The lowest BCUT2D eigenvalue weighted by atomic mass is 10.2. The van der Waals surface area contributed by atoms with E-state index in [4.69, 9.17) is 9.84 Å². The van der Waals surface area contributed by atoms with Gasteiger partial charge in [-0.15, -0.1) is 11.3 Å². The van der Waals surface area contributed by atoms with E-state index in [1.54, 1.807) is 0 Å². The Balaban J connectivity index is 1.64. The van der Waals surface area contributed by atoms with Crippen LogP contribution in [-0.4, -0.2) is 52.7 Å². The molecule has 1 aromatic carbocycles. The Morgan fingerprint density at radius 2 is 2.15 bits per heavy atom. The summed E-state index contributed by atoms with van der Waals surface area (Å²) in [5.41, 5.74) is -0.504. The summed E-state index contributed by atoms with van der Waals surface area (Å²) in [6.07, 6.45) is -5.06. The van der Waals surface area contributed by atoms with Gasteiger partial charge >= 0.3 is 12.1 Å². The molecule has 2 aromatic rings. The molecule has 140 valence electrons. The molecule has 1 aromatic heterocycles. The zero-order valence-electron chi connectivity index (χ0n) is 13.5. The van der Waals surface area contributed by atoms with Crippen molar-refractivity contribution in [2.75, 3.05) is 19.7 Å². The second kappa shape index (κ2) is 7.20. The molecule has 26 heavy (non-hydrogen) atoms. The summed E-state index contributed by atoms with van der Waals surface area (Å²) >= 11 is 1.24. The standard InChI is InChI=1S/C16H15F3N2O4S/c17-16(18,19)9-1-2-12-10(7-9)20-13(26-12)3-4-14(22)21-5-6-25-11(8-21)15(23)24/h1-2,7,11H,3-6,8H2,(H,23,24)/t11-/m0/s1. The largest absolute Gasteiger partial charge is 0.479 e. The van der Waals surface area contributed by atoms with Crippen molar-refractivity contribution in [2.24, 2.45) is 0 Å². The van der Waals surface area contributed by atoms with E-state index in [2.05, 4.69) is 4.98 Å². The predicted molar refractivity (Wildman–Crippen MR) is 86.9 cm³/mol. The van der Waals surface area contributed by atoms with Crippen molar-refractivity contribution in [1.82, 2.24) is 9.88 Å². The fraction of sp³-hybridized carbons (Fsp3) is 0.438. The fourth-order valence-electron chi connectivity index (χ4n) is 2.66. The number of benzene rings is 1. The average Bonchev–Trinajstić information content (AvgIpc) is 3.01. The van der Waals surface area contributed by atoms with Crippen LogP contribution in [0.4, 0.5) is 13.2 Å². The van der Waals surface area contributed by atoms with Gasteiger partial charge in [0.15, 0.2) is 6.10 Å². The Morgan fingerprint density at radius 3 is 2.85 bits per heavy atom. The van der Waals surface area contributed by atoms with Gasteiger partial charge in [0.25, 0.3) is 0 Å². The van der Waals surface area contributed by atoms with Crippen molar-refractivity contribution in [3.63, 3.8) is 0 Å². The molecule has 1 atom stereocenters. The van der Waals surface area contributed by atoms with Crippen molar-refractivity contribution in [1.29, 1.82) is 0 Å². The van der Waals surface area contributed by atoms with E-state index in [0.29, 0.717) is 16.3 Å². The van der Waals surface area contributed by atoms with Crippen molar-refractivity contribution in [3.05, 3.63) is 28.8 Å². The maximum atomic E-state index is 12.7. The van der Waals surface area contributed by atoms with Crippen LogP contribution < -0.4 is 0 Å². The molecular formula is C16H15F3N2O4S. The summed E-state index contributed by atoms with van der Waals surface area (Å²) in [4.78, 5) is 28.8. The highest BCUT2D eigenvalue weighted by Gasteiger charge is 2.31. The molecule has 0 radical (unpaired) electrons. The van der Waals surface area contributed by atoms with E-state index in [0.717, 1.165) is 12.1 Å². The number of carboxylic acid groups (broad SMARTS) is 1. The van der Waals surface area contributed by atoms with E-state index in [1.165, 1.54) is 22.3 Å². The molecule has 10 heteroatoms. The van der Waals surface area contributed by atoms with Crippen LogP contribution in [0.1, 0.15) is 17.0 Å². The van der Waals surface area contributed by atoms with Gasteiger partial charge in [-0.05, 0) is 18.2 Å². The number of hydrogen-bond donors (Lipinski definition) is 1. The zero-order valence-corrected chi connectivity index (χ0v) is 14.3. The minimum absolute atomic E-state index is 0.0110. The number of morpholine rings is 1. The predicted octanol–water partition coefficient (Wildman–Crippen LogP) is 2.56. The average molecular weight is 388 g/mol. The number of halogens is 3. The minimum Gasteiger partial charge on any atom is -0.479 e. The molecule has 0 unspecified atom stereocenters. The van der Waals surface area contributed by atoms with Gasteiger partial charge in [-0.3, -0.25) is 4.79 Å². The van der Waals surface area contributed by atoms with Gasteiger partial charge in [0, 0.05) is 19.4 Å². The molecule has 1 saturated heterocycles. The Bertz CT molecular complexity index is 836. The first-order valence-corrected chi connectivity index (χ1v) is 8.64. The number of carbonyl (C=O) groups is 2. The van der Waals surface area contributed by atoms with Crippen molar-refractivity contribution < 1.29 is 32.6 Å². The highest BCUT2D eigenvalue weighted by Crippen LogP contribution is 2.33. The van der Waals surface area contributed by atoms with Crippen LogP contribution >= 0.6 is 11.3 Å². The second-order valence-corrected chi connectivity index (χ2v) is 6.94. The maximum Gasteiger partial charge on any atom is 0.416 e. The van der Waals surface area contributed by atoms with Gasteiger partial charge in [0.1, 0.15) is 0 Å². The molecule has 2 heterocycles. The summed E-state index contributed by atoms with van der Waals surface area (Å²) in [6, 6.07) is 3.38. The molecule has 1 aliphatic heterocycles. The number of aryl methyl sites for hydroxylation is 1. The smallest absolute Gasteiger partial charge is 0.416 e. The van der Waals surface area contributed by atoms with Gasteiger partial charge < -0.3 is 14.7 Å². The molecule has 1 amide bonds.